The van der Waals surface area contributed by atoms with Crippen molar-refractivity contribution in [3.8, 4) is 11.5 Å². The van der Waals surface area contributed by atoms with Crippen molar-refractivity contribution < 1.29 is 33.1 Å². The second-order valence-corrected chi connectivity index (χ2v) is 7.05. The molecule has 164 valence electrons. The number of carbonyl (C=O) groups is 2. The van der Waals surface area contributed by atoms with Gasteiger partial charge in [0.2, 0.25) is 0 Å². The zero-order valence-electron chi connectivity index (χ0n) is 17.5. The summed E-state index contributed by atoms with van der Waals surface area (Å²) in [6.07, 6.45) is 0. The van der Waals surface area contributed by atoms with Crippen molar-refractivity contribution in [2.45, 2.75) is 13.0 Å². The summed E-state index contributed by atoms with van der Waals surface area (Å²) in [5.74, 6) is -1.63. The van der Waals surface area contributed by atoms with E-state index < -0.39 is 29.3 Å². The zero-order chi connectivity index (χ0) is 23.0. The lowest BCUT2D eigenvalue weighted by Gasteiger charge is -2.25. The van der Waals surface area contributed by atoms with Gasteiger partial charge in [-0.15, -0.1) is 0 Å². The molecule has 0 unspecified atom stereocenters. The molecule has 1 atom stereocenters. The van der Waals surface area contributed by atoms with Crippen LogP contribution >= 0.6 is 0 Å². The summed E-state index contributed by atoms with van der Waals surface area (Å²) < 4.78 is 29.4. The van der Waals surface area contributed by atoms with Gasteiger partial charge in [-0.3, -0.25) is 14.5 Å². The number of aromatic nitrogens is 1. The average Bonchev–Trinajstić information content (AvgIpc) is 3.33. The summed E-state index contributed by atoms with van der Waals surface area (Å²) in [6, 6.07) is 10.3. The smallest absolute Gasteiger partial charge is 0.301 e. The maximum Gasteiger partial charge on any atom is 0.301 e. The van der Waals surface area contributed by atoms with Crippen LogP contribution in [-0.2, 0) is 9.59 Å². The molecule has 0 bridgehead atoms. The Labute approximate surface area is 182 Å². The molecule has 1 amide bonds. The van der Waals surface area contributed by atoms with Gasteiger partial charge < -0.3 is 19.1 Å². The number of hydrogen-bond acceptors (Lipinski definition) is 7. The van der Waals surface area contributed by atoms with Gasteiger partial charge in [-0.2, -0.15) is 0 Å². The summed E-state index contributed by atoms with van der Waals surface area (Å²) in [4.78, 5) is 27.3. The van der Waals surface area contributed by atoms with E-state index >= 15 is 0 Å². The van der Waals surface area contributed by atoms with E-state index in [0.29, 0.717) is 17.1 Å². The largest absolute Gasteiger partial charge is 0.507 e. The predicted molar refractivity (Wildman–Crippen MR) is 112 cm³/mol. The fourth-order valence-electron chi connectivity index (χ4n) is 3.72. The average molecular weight is 438 g/mol. The highest BCUT2D eigenvalue weighted by Crippen LogP contribution is 2.46. The van der Waals surface area contributed by atoms with Crippen LogP contribution in [0.25, 0.3) is 5.76 Å². The van der Waals surface area contributed by atoms with Crippen molar-refractivity contribution in [1.82, 2.24) is 5.16 Å². The third-order valence-electron chi connectivity index (χ3n) is 5.15. The van der Waals surface area contributed by atoms with E-state index in [1.807, 2.05) is 0 Å². The van der Waals surface area contributed by atoms with E-state index in [0.717, 1.165) is 17.0 Å². The number of nitrogens with zero attached hydrogens (tertiary/aromatic N) is 2. The number of para-hydroxylation sites is 1. The lowest BCUT2D eigenvalue weighted by atomic mass is 9.94. The Hall–Kier alpha value is -4.14. The number of amides is 1. The Morgan fingerprint density at radius 1 is 1.12 bits per heavy atom. The lowest BCUT2D eigenvalue weighted by molar-refractivity contribution is -0.132. The van der Waals surface area contributed by atoms with Crippen LogP contribution in [0.5, 0.6) is 11.5 Å². The Kier molecular flexibility index (Phi) is 5.40. The van der Waals surface area contributed by atoms with Crippen LogP contribution in [0.3, 0.4) is 0 Å². The number of anilines is 1. The van der Waals surface area contributed by atoms with Crippen LogP contribution < -0.4 is 14.4 Å². The topological polar surface area (TPSA) is 102 Å². The lowest BCUT2D eigenvalue weighted by Crippen LogP contribution is -2.30. The summed E-state index contributed by atoms with van der Waals surface area (Å²) in [6.45, 7) is 1.65. The molecule has 8 nitrogen and oxygen atoms in total. The van der Waals surface area contributed by atoms with Crippen molar-refractivity contribution in [2.75, 3.05) is 19.1 Å². The second kappa shape index (κ2) is 8.18. The minimum absolute atomic E-state index is 0.0950. The standard InChI is InChI=1S/C23H19FN2O6/c1-12-11-17(25-32-12)26-19(15-5-4-6-16(30-2)22(15)31-3)18(21(28)23(26)29)20(27)13-7-9-14(24)10-8-13/h4-11,19,27H,1-3H3/b20-18+/t19-/m1/s1. The number of hydrogen-bond donors (Lipinski definition) is 1. The molecule has 1 aliphatic heterocycles. The van der Waals surface area contributed by atoms with Gasteiger partial charge in [-0.25, -0.2) is 4.39 Å². The highest BCUT2D eigenvalue weighted by Gasteiger charge is 2.49. The van der Waals surface area contributed by atoms with E-state index in [-0.39, 0.29) is 22.7 Å². The molecule has 0 radical (unpaired) electrons. The Bertz CT molecular complexity index is 1230. The maximum atomic E-state index is 13.4. The SMILES string of the molecule is COc1cccc([C@@H]2/C(=C(\O)c3ccc(F)cc3)C(=O)C(=O)N2c2cc(C)on2)c1OC. The molecule has 1 aromatic heterocycles. The number of ether oxygens (including phenoxy) is 2. The van der Waals surface area contributed by atoms with Gasteiger partial charge in [0.25, 0.3) is 5.78 Å². The van der Waals surface area contributed by atoms with E-state index in [4.69, 9.17) is 14.0 Å². The first kappa shape index (κ1) is 21.1. The summed E-state index contributed by atoms with van der Waals surface area (Å²) in [5, 5.41) is 14.9. The molecule has 32 heavy (non-hydrogen) atoms. The second-order valence-electron chi connectivity index (χ2n) is 7.05. The molecule has 4 rings (SSSR count). The minimum atomic E-state index is -1.10. The van der Waals surface area contributed by atoms with Gasteiger partial charge in [0.15, 0.2) is 17.3 Å². The molecule has 0 spiro atoms. The molecule has 1 aliphatic rings. The first-order valence-corrected chi connectivity index (χ1v) is 9.58. The maximum absolute atomic E-state index is 13.4. The van der Waals surface area contributed by atoms with Crippen molar-refractivity contribution in [3.05, 3.63) is 76.8 Å². The molecule has 0 saturated carbocycles. The summed E-state index contributed by atoms with van der Waals surface area (Å²) >= 11 is 0. The van der Waals surface area contributed by atoms with E-state index in [2.05, 4.69) is 5.16 Å². The van der Waals surface area contributed by atoms with E-state index in [1.165, 1.54) is 32.4 Å². The number of aliphatic hydroxyl groups excluding tert-OH is 1. The number of ketones is 1. The van der Waals surface area contributed by atoms with Crippen LogP contribution in [0.15, 0.2) is 58.6 Å². The summed E-state index contributed by atoms with van der Waals surface area (Å²) in [5.41, 5.74) is 0.358. The Morgan fingerprint density at radius 3 is 2.44 bits per heavy atom. The summed E-state index contributed by atoms with van der Waals surface area (Å²) in [7, 11) is 2.88. The van der Waals surface area contributed by atoms with Gasteiger partial charge in [-0.05, 0) is 37.3 Å². The molecule has 1 saturated heterocycles. The molecule has 1 N–H and O–H groups in total. The Balaban J connectivity index is 2.01. The molecule has 1 fully saturated rings. The predicted octanol–water partition coefficient (Wildman–Crippen LogP) is 3.77. The van der Waals surface area contributed by atoms with Gasteiger partial charge in [0.1, 0.15) is 23.4 Å². The molecular weight excluding hydrogens is 419 g/mol. The third kappa shape index (κ3) is 3.37. The van der Waals surface area contributed by atoms with Crippen molar-refractivity contribution in [1.29, 1.82) is 0 Å². The van der Waals surface area contributed by atoms with Crippen LogP contribution in [0.1, 0.15) is 22.9 Å². The van der Waals surface area contributed by atoms with E-state index in [1.54, 1.807) is 25.1 Å². The van der Waals surface area contributed by atoms with Gasteiger partial charge in [0, 0.05) is 17.2 Å². The van der Waals surface area contributed by atoms with Gasteiger partial charge >= 0.3 is 5.91 Å². The third-order valence-corrected chi connectivity index (χ3v) is 5.15. The van der Waals surface area contributed by atoms with Crippen molar-refractivity contribution >= 4 is 23.3 Å². The molecule has 2 aromatic carbocycles. The van der Waals surface area contributed by atoms with Crippen LogP contribution in [-0.4, -0.2) is 36.2 Å². The number of aryl methyl sites for hydroxylation is 1. The first-order valence-electron chi connectivity index (χ1n) is 9.58. The number of carbonyl (C=O) groups excluding carboxylic acids is 2. The Morgan fingerprint density at radius 2 is 1.84 bits per heavy atom. The van der Waals surface area contributed by atoms with Crippen LogP contribution in [0.2, 0.25) is 0 Å². The van der Waals surface area contributed by atoms with Gasteiger partial charge in [-0.1, -0.05) is 17.3 Å². The number of rotatable bonds is 5. The zero-order valence-corrected chi connectivity index (χ0v) is 17.5. The number of halogens is 1. The highest BCUT2D eigenvalue weighted by atomic mass is 19.1. The quantitative estimate of drug-likeness (QED) is 0.368. The number of benzene rings is 2. The normalized spacial score (nSPS) is 17.6. The van der Waals surface area contributed by atoms with Crippen LogP contribution in [0, 0.1) is 12.7 Å². The van der Waals surface area contributed by atoms with Crippen LogP contribution in [0.4, 0.5) is 10.2 Å². The van der Waals surface area contributed by atoms with Gasteiger partial charge in [0.05, 0.1) is 19.8 Å². The fourth-order valence-corrected chi connectivity index (χ4v) is 3.72. The molecule has 2 heterocycles. The first-order chi connectivity index (χ1) is 15.4. The molecule has 9 heteroatoms. The molecular formula is C23H19FN2O6. The number of methoxy groups -OCH3 is 2. The molecule has 3 aromatic rings. The number of aliphatic hydroxyl groups is 1. The molecule has 0 aliphatic carbocycles. The van der Waals surface area contributed by atoms with E-state index in [9.17, 15) is 19.1 Å². The monoisotopic (exact) mass is 438 g/mol. The highest BCUT2D eigenvalue weighted by molar-refractivity contribution is 6.51. The van der Waals surface area contributed by atoms with Crippen molar-refractivity contribution in [2.24, 2.45) is 0 Å². The minimum Gasteiger partial charge on any atom is -0.507 e. The van der Waals surface area contributed by atoms with Crippen molar-refractivity contribution in [3.63, 3.8) is 0 Å². The fraction of sp³-hybridized carbons (Fsp3) is 0.174. The number of Topliss-reactive ketones (excluding diaryl/α,β-unsaturated/α-hetero) is 1.